The van der Waals surface area contributed by atoms with E-state index in [4.69, 9.17) is 16.3 Å². The molecule has 6 nitrogen and oxygen atoms in total. The van der Waals surface area contributed by atoms with Gasteiger partial charge in [0, 0.05) is 6.07 Å². The number of hydrogen-bond donors (Lipinski definition) is 2. The third-order valence-electron chi connectivity index (χ3n) is 1.41. The number of aromatic nitrogens is 2. The van der Waals surface area contributed by atoms with E-state index in [1.165, 1.54) is 6.07 Å². The minimum atomic E-state index is -0.722. The average molecular weight is 246 g/mol. The maximum Gasteiger partial charge on any atom is 0.412 e. The lowest BCUT2D eigenvalue weighted by molar-refractivity contribution is 0.0635. The van der Waals surface area contributed by atoms with Gasteiger partial charge in [0.2, 0.25) is 0 Å². The van der Waals surface area contributed by atoms with Crippen molar-refractivity contribution in [2.45, 2.75) is 26.4 Å². The first-order valence-corrected chi connectivity index (χ1v) is 4.91. The zero-order chi connectivity index (χ0) is 12.3. The lowest BCUT2D eigenvalue weighted by atomic mass is 10.2. The summed E-state index contributed by atoms with van der Waals surface area (Å²) in [5.74, 6) is 0. The number of halogens is 1. The standard InChI is InChI=1S/C9H12ClN3O3/c1-9(2,3)16-8(15)11-5-4-6(10)12-13-7(5)14/h4H,1-3H3,(H,13,14)(H,11,12,15). The topological polar surface area (TPSA) is 84.1 Å². The van der Waals surface area contributed by atoms with E-state index < -0.39 is 17.3 Å². The molecule has 16 heavy (non-hydrogen) atoms. The third kappa shape index (κ3) is 3.90. The van der Waals surface area contributed by atoms with Gasteiger partial charge in [-0.3, -0.25) is 10.1 Å². The number of amides is 1. The Morgan fingerprint density at radius 2 is 2.19 bits per heavy atom. The normalized spacial score (nSPS) is 11.0. The van der Waals surface area contributed by atoms with E-state index >= 15 is 0 Å². The summed E-state index contributed by atoms with van der Waals surface area (Å²) in [5.41, 5.74) is -1.18. The van der Waals surface area contributed by atoms with Crippen LogP contribution in [0.5, 0.6) is 0 Å². The number of rotatable bonds is 1. The van der Waals surface area contributed by atoms with Gasteiger partial charge in [-0.2, -0.15) is 5.10 Å². The molecule has 1 aromatic rings. The SMILES string of the molecule is CC(C)(C)OC(=O)Nc1cc(Cl)n[nH]c1=O. The Labute approximate surface area is 97.0 Å². The van der Waals surface area contributed by atoms with Gasteiger partial charge in [0.05, 0.1) is 0 Å². The average Bonchev–Trinajstić information content (AvgIpc) is 2.08. The first-order valence-electron chi connectivity index (χ1n) is 4.53. The maximum atomic E-state index is 11.3. The third-order valence-corrected chi connectivity index (χ3v) is 1.60. The van der Waals surface area contributed by atoms with Crippen molar-refractivity contribution in [3.05, 3.63) is 21.6 Å². The first kappa shape index (κ1) is 12.5. The smallest absolute Gasteiger partial charge is 0.412 e. The molecule has 1 rings (SSSR count). The molecule has 1 amide bonds. The Morgan fingerprint density at radius 3 is 2.75 bits per heavy atom. The predicted octanol–water partition coefficient (Wildman–Crippen LogP) is 1.77. The van der Waals surface area contributed by atoms with Crippen LogP contribution in [0.2, 0.25) is 5.15 Å². The molecule has 0 unspecified atom stereocenters. The minimum absolute atomic E-state index is 0.00532. The fourth-order valence-corrected chi connectivity index (χ4v) is 1.04. The number of carbonyl (C=O) groups is 1. The predicted molar refractivity (Wildman–Crippen MR) is 59.7 cm³/mol. The summed E-state index contributed by atoms with van der Waals surface area (Å²) >= 11 is 5.56. The zero-order valence-corrected chi connectivity index (χ0v) is 9.88. The molecule has 7 heteroatoms. The van der Waals surface area contributed by atoms with Gasteiger partial charge in [0.1, 0.15) is 11.3 Å². The lowest BCUT2D eigenvalue weighted by Crippen LogP contribution is -2.29. The van der Waals surface area contributed by atoms with Crippen molar-refractivity contribution in [2.75, 3.05) is 5.32 Å². The second-order valence-corrected chi connectivity index (χ2v) is 4.45. The Kier molecular flexibility index (Phi) is 3.54. The molecule has 0 bridgehead atoms. The van der Waals surface area contributed by atoms with E-state index in [2.05, 4.69) is 15.5 Å². The molecule has 0 aliphatic rings. The number of H-pyrrole nitrogens is 1. The van der Waals surface area contributed by atoms with Gasteiger partial charge in [-0.1, -0.05) is 11.6 Å². The van der Waals surface area contributed by atoms with Gasteiger partial charge in [0.25, 0.3) is 5.56 Å². The van der Waals surface area contributed by atoms with Crippen LogP contribution in [0.3, 0.4) is 0 Å². The Morgan fingerprint density at radius 1 is 1.56 bits per heavy atom. The molecular formula is C9H12ClN3O3. The van der Waals surface area contributed by atoms with Crippen molar-refractivity contribution in [3.8, 4) is 0 Å². The Balaban J connectivity index is 2.77. The zero-order valence-electron chi connectivity index (χ0n) is 9.13. The molecule has 0 atom stereocenters. The first-order chi connectivity index (χ1) is 7.28. The van der Waals surface area contributed by atoms with Crippen LogP contribution >= 0.6 is 11.6 Å². The van der Waals surface area contributed by atoms with E-state index in [-0.39, 0.29) is 10.8 Å². The number of ether oxygens (including phenoxy) is 1. The summed E-state index contributed by atoms with van der Waals surface area (Å²) in [6.45, 7) is 5.16. The molecule has 0 aromatic carbocycles. The van der Waals surface area contributed by atoms with Gasteiger partial charge < -0.3 is 4.74 Å². The van der Waals surface area contributed by atoms with Crippen molar-refractivity contribution in [1.29, 1.82) is 0 Å². The van der Waals surface area contributed by atoms with Gasteiger partial charge in [0.15, 0.2) is 5.15 Å². The van der Waals surface area contributed by atoms with Crippen LogP contribution in [0, 0.1) is 0 Å². The minimum Gasteiger partial charge on any atom is -0.444 e. The molecule has 1 aromatic heterocycles. The fourth-order valence-electron chi connectivity index (χ4n) is 0.888. The molecule has 0 spiro atoms. The second-order valence-electron chi connectivity index (χ2n) is 4.06. The Hall–Kier alpha value is -1.56. The highest BCUT2D eigenvalue weighted by Crippen LogP contribution is 2.10. The van der Waals surface area contributed by atoms with Crippen molar-refractivity contribution in [2.24, 2.45) is 0 Å². The molecular weight excluding hydrogens is 234 g/mol. The van der Waals surface area contributed by atoms with Crippen molar-refractivity contribution in [1.82, 2.24) is 10.2 Å². The van der Waals surface area contributed by atoms with Crippen LogP contribution in [0.15, 0.2) is 10.9 Å². The van der Waals surface area contributed by atoms with Crippen LogP contribution < -0.4 is 10.9 Å². The van der Waals surface area contributed by atoms with Crippen molar-refractivity contribution < 1.29 is 9.53 Å². The number of carbonyl (C=O) groups excluding carboxylic acids is 1. The molecule has 0 saturated heterocycles. The molecule has 0 aliphatic carbocycles. The van der Waals surface area contributed by atoms with Crippen LogP contribution in [0.25, 0.3) is 0 Å². The summed E-state index contributed by atoms with van der Waals surface area (Å²) in [4.78, 5) is 22.6. The molecule has 0 radical (unpaired) electrons. The van der Waals surface area contributed by atoms with E-state index in [1.54, 1.807) is 20.8 Å². The second kappa shape index (κ2) is 4.52. The summed E-state index contributed by atoms with van der Waals surface area (Å²) in [5, 5.41) is 7.94. The number of nitrogens with one attached hydrogen (secondary N) is 2. The van der Waals surface area contributed by atoms with Crippen molar-refractivity contribution >= 4 is 23.4 Å². The van der Waals surface area contributed by atoms with Gasteiger partial charge >= 0.3 is 6.09 Å². The number of nitrogens with zero attached hydrogens (tertiary/aromatic N) is 1. The maximum absolute atomic E-state index is 11.3. The van der Waals surface area contributed by atoms with Crippen molar-refractivity contribution in [3.63, 3.8) is 0 Å². The highest BCUT2D eigenvalue weighted by molar-refractivity contribution is 6.29. The molecule has 0 fully saturated rings. The lowest BCUT2D eigenvalue weighted by Gasteiger charge is -2.19. The highest BCUT2D eigenvalue weighted by Gasteiger charge is 2.17. The number of anilines is 1. The summed E-state index contributed by atoms with van der Waals surface area (Å²) < 4.78 is 4.97. The summed E-state index contributed by atoms with van der Waals surface area (Å²) in [6, 6.07) is 1.24. The largest absolute Gasteiger partial charge is 0.444 e. The summed E-state index contributed by atoms with van der Waals surface area (Å²) in [6.07, 6.45) is -0.722. The fraction of sp³-hybridized carbons (Fsp3) is 0.444. The van der Waals surface area contributed by atoms with E-state index in [1.807, 2.05) is 0 Å². The molecule has 0 aliphatic heterocycles. The summed E-state index contributed by atoms with van der Waals surface area (Å²) in [7, 11) is 0. The van der Waals surface area contributed by atoms with E-state index in [9.17, 15) is 9.59 Å². The number of aromatic amines is 1. The molecule has 1 heterocycles. The van der Waals surface area contributed by atoms with E-state index in [0.29, 0.717) is 0 Å². The molecule has 0 saturated carbocycles. The molecule has 2 N–H and O–H groups in total. The monoisotopic (exact) mass is 245 g/mol. The van der Waals surface area contributed by atoms with Crippen LogP contribution in [0.4, 0.5) is 10.5 Å². The van der Waals surface area contributed by atoms with Gasteiger partial charge in [-0.05, 0) is 20.8 Å². The van der Waals surface area contributed by atoms with Crippen LogP contribution in [-0.2, 0) is 4.74 Å². The molecule has 88 valence electrons. The van der Waals surface area contributed by atoms with E-state index in [0.717, 1.165) is 0 Å². The van der Waals surface area contributed by atoms with Crippen LogP contribution in [-0.4, -0.2) is 21.9 Å². The van der Waals surface area contributed by atoms with Gasteiger partial charge in [-0.15, -0.1) is 0 Å². The number of hydrogen-bond acceptors (Lipinski definition) is 4. The highest BCUT2D eigenvalue weighted by atomic mass is 35.5. The van der Waals surface area contributed by atoms with Crippen LogP contribution in [0.1, 0.15) is 20.8 Å². The quantitative estimate of drug-likeness (QED) is 0.790. The van der Waals surface area contributed by atoms with Gasteiger partial charge in [-0.25, -0.2) is 9.89 Å². The Bertz CT molecular complexity index is 450.